The Labute approximate surface area is 190 Å². The number of oxime groups is 1. The predicted molar refractivity (Wildman–Crippen MR) is 123 cm³/mol. The van der Waals surface area contributed by atoms with Crippen molar-refractivity contribution in [2.45, 2.75) is 32.1 Å². The quantitative estimate of drug-likeness (QED) is 0.243. The normalized spacial score (nSPS) is 16.1. The lowest BCUT2D eigenvalue weighted by Crippen LogP contribution is -2.22. The number of hydrogen-bond acceptors (Lipinski definition) is 7. The summed E-state index contributed by atoms with van der Waals surface area (Å²) in [5, 5.41) is 15.0. The first-order chi connectivity index (χ1) is 15.3. The Hall–Kier alpha value is -3.52. The van der Waals surface area contributed by atoms with Gasteiger partial charge in [-0.3, -0.25) is 14.9 Å². The van der Waals surface area contributed by atoms with Crippen LogP contribution in [0.5, 0.6) is 0 Å². The molecule has 0 aromatic heterocycles. The highest BCUT2D eigenvalue weighted by atomic mass is 32.2. The fourth-order valence-corrected chi connectivity index (χ4v) is 4.21. The second-order valence-corrected chi connectivity index (χ2v) is 8.54. The van der Waals surface area contributed by atoms with E-state index in [1.165, 1.54) is 25.1 Å². The topological polar surface area (TPSA) is 98.9 Å². The van der Waals surface area contributed by atoms with Crippen molar-refractivity contribution in [3.63, 3.8) is 0 Å². The summed E-state index contributed by atoms with van der Waals surface area (Å²) in [6, 6.07) is 14.1. The molecule has 2 aromatic rings. The molecule has 0 saturated heterocycles. The number of nitrogens with zero attached hydrogens (tertiary/aromatic N) is 2. The molecule has 0 spiro atoms. The fraction of sp³-hybridized carbons (Fsp3) is 0.208. The van der Waals surface area contributed by atoms with Crippen molar-refractivity contribution in [1.29, 1.82) is 0 Å². The van der Waals surface area contributed by atoms with Crippen molar-refractivity contribution < 1.29 is 19.3 Å². The maximum absolute atomic E-state index is 13.4. The second-order valence-electron chi connectivity index (χ2n) is 7.39. The first-order valence-corrected chi connectivity index (χ1v) is 10.8. The van der Waals surface area contributed by atoms with Gasteiger partial charge in [0, 0.05) is 35.1 Å². The van der Waals surface area contributed by atoms with E-state index in [4.69, 9.17) is 4.84 Å². The number of nitro benzene ring substituents is 1. The van der Waals surface area contributed by atoms with Crippen LogP contribution in [0.25, 0.3) is 0 Å². The number of Topliss-reactive ketones (excluding diaryl/α,β-unsaturated/α-hetero) is 1. The zero-order valence-corrected chi connectivity index (χ0v) is 18.7. The summed E-state index contributed by atoms with van der Waals surface area (Å²) in [6.45, 7) is 4.91. The van der Waals surface area contributed by atoms with Crippen LogP contribution in [0, 0.1) is 23.0 Å². The molecule has 32 heavy (non-hydrogen) atoms. The Bertz CT molecular complexity index is 1150. The molecule has 1 atom stereocenters. The van der Waals surface area contributed by atoms with Gasteiger partial charge in [-0.05, 0) is 41.9 Å². The maximum atomic E-state index is 13.4. The van der Waals surface area contributed by atoms with Gasteiger partial charge in [0.15, 0.2) is 5.71 Å². The molecule has 0 saturated carbocycles. The first kappa shape index (κ1) is 23.1. The molecule has 1 aliphatic carbocycles. The Morgan fingerprint density at radius 2 is 1.88 bits per heavy atom. The summed E-state index contributed by atoms with van der Waals surface area (Å²) in [5.74, 6) is -1.03. The number of allylic oxidation sites excluding steroid dienone is 4. The smallest absolute Gasteiger partial charge is 0.318 e. The number of benzene rings is 2. The number of hydrogen-bond donors (Lipinski definition) is 0. The highest BCUT2D eigenvalue weighted by molar-refractivity contribution is 8.03. The van der Waals surface area contributed by atoms with Gasteiger partial charge in [-0.15, -0.1) is 0 Å². The van der Waals surface area contributed by atoms with Crippen LogP contribution in [-0.2, 0) is 14.4 Å². The zero-order valence-electron chi connectivity index (χ0n) is 17.9. The summed E-state index contributed by atoms with van der Waals surface area (Å²) in [7, 11) is 0. The lowest BCUT2D eigenvalue weighted by atomic mass is 9.89. The number of ketones is 1. The van der Waals surface area contributed by atoms with Crippen LogP contribution in [0.1, 0.15) is 31.4 Å². The van der Waals surface area contributed by atoms with Gasteiger partial charge in [-0.2, -0.15) is 0 Å². The minimum absolute atomic E-state index is 0.0883. The number of carbonyl (C=O) groups excluding carboxylic acids is 2. The fourth-order valence-electron chi connectivity index (χ4n) is 3.23. The third kappa shape index (κ3) is 5.59. The van der Waals surface area contributed by atoms with Gasteiger partial charge in [0.2, 0.25) is 5.78 Å². The van der Waals surface area contributed by atoms with Crippen molar-refractivity contribution in [1.82, 2.24) is 0 Å². The Morgan fingerprint density at radius 3 is 2.50 bits per heavy atom. The van der Waals surface area contributed by atoms with Crippen LogP contribution in [-0.4, -0.2) is 22.4 Å². The van der Waals surface area contributed by atoms with Gasteiger partial charge in [-0.25, -0.2) is 4.79 Å². The lowest BCUT2D eigenvalue weighted by Gasteiger charge is -2.21. The lowest BCUT2D eigenvalue weighted by molar-refractivity contribution is -0.384. The van der Waals surface area contributed by atoms with E-state index in [1.807, 2.05) is 43.3 Å². The molecule has 1 unspecified atom stereocenters. The molecule has 7 nitrogen and oxygen atoms in total. The van der Waals surface area contributed by atoms with Gasteiger partial charge in [0.25, 0.3) is 5.69 Å². The van der Waals surface area contributed by atoms with Crippen molar-refractivity contribution in [3.8, 4) is 0 Å². The number of aryl methyl sites for hydroxylation is 1. The third-order valence-electron chi connectivity index (χ3n) is 4.90. The van der Waals surface area contributed by atoms with E-state index in [0.717, 1.165) is 9.80 Å². The van der Waals surface area contributed by atoms with Crippen molar-refractivity contribution in [3.05, 3.63) is 92.4 Å². The van der Waals surface area contributed by atoms with E-state index in [0.29, 0.717) is 17.6 Å². The molecule has 0 fully saturated rings. The molecule has 1 aliphatic rings. The number of rotatable bonds is 7. The largest absolute Gasteiger partial charge is 0.332 e. The second kappa shape index (κ2) is 10.2. The molecule has 0 radical (unpaired) electrons. The van der Waals surface area contributed by atoms with Crippen LogP contribution in [0.3, 0.4) is 0 Å². The van der Waals surface area contributed by atoms with Crippen molar-refractivity contribution in [2.24, 2.45) is 11.1 Å². The molecule has 3 rings (SSSR count). The average Bonchev–Trinajstić information content (AvgIpc) is 2.76. The minimum Gasteiger partial charge on any atom is -0.318 e. The van der Waals surface area contributed by atoms with E-state index in [-0.39, 0.29) is 22.9 Å². The molecular formula is C24H22N2O5S. The summed E-state index contributed by atoms with van der Waals surface area (Å²) in [4.78, 5) is 42.4. The highest BCUT2D eigenvalue weighted by Crippen LogP contribution is 2.37. The summed E-state index contributed by atoms with van der Waals surface area (Å²) >= 11 is 1.64. The molecule has 0 aliphatic heterocycles. The summed E-state index contributed by atoms with van der Waals surface area (Å²) < 4.78 is 0. The predicted octanol–water partition coefficient (Wildman–Crippen LogP) is 5.38. The molecule has 0 heterocycles. The molecular weight excluding hydrogens is 428 g/mol. The van der Waals surface area contributed by atoms with Crippen LogP contribution in [0.15, 0.2) is 81.2 Å². The van der Waals surface area contributed by atoms with Gasteiger partial charge in [-0.1, -0.05) is 60.3 Å². The van der Waals surface area contributed by atoms with Crippen LogP contribution in [0.4, 0.5) is 5.69 Å². The van der Waals surface area contributed by atoms with Gasteiger partial charge in [0.05, 0.1) is 4.92 Å². The number of nitro groups is 1. The zero-order chi connectivity index (χ0) is 23.3. The standard InChI is InChI=1S/C24H22N2O5S/c1-15-9-11-19(26(29)30)14-21(15)23(25-31-17(3)27)24(28)18-10-12-22(16(2)13-18)32-20-7-5-4-6-8-20/h4-12,14,16H,13H2,1-3H3/b25-23+. The van der Waals surface area contributed by atoms with Gasteiger partial charge >= 0.3 is 5.97 Å². The summed E-state index contributed by atoms with van der Waals surface area (Å²) in [6.07, 6.45) is 4.12. The van der Waals surface area contributed by atoms with E-state index in [2.05, 4.69) is 5.16 Å². The monoisotopic (exact) mass is 450 g/mol. The van der Waals surface area contributed by atoms with E-state index < -0.39 is 16.7 Å². The Morgan fingerprint density at radius 1 is 1.16 bits per heavy atom. The van der Waals surface area contributed by atoms with Gasteiger partial charge < -0.3 is 4.84 Å². The van der Waals surface area contributed by atoms with Crippen LogP contribution < -0.4 is 0 Å². The molecule has 0 N–H and O–H groups in total. The number of non-ortho nitro benzene ring substituents is 1. The molecule has 0 bridgehead atoms. The minimum atomic E-state index is -0.689. The third-order valence-corrected chi connectivity index (χ3v) is 6.18. The van der Waals surface area contributed by atoms with Crippen LogP contribution >= 0.6 is 11.8 Å². The highest BCUT2D eigenvalue weighted by Gasteiger charge is 2.27. The summed E-state index contributed by atoms with van der Waals surface area (Å²) in [5.41, 5.74) is 1.04. The first-order valence-electron chi connectivity index (χ1n) is 9.95. The van der Waals surface area contributed by atoms with E-state index >= 15 is 0 Å². The Kier molecular flexibility index (Phi) is 7.37. The van der Waals surface area contributed by atoms with Crippen molar-refractivity contribution in [2.75, 3.05) is 0 Å². The number of thioether (sulfide) groups is 1. The number of carbonyl (C=O) groups is 2. The molecule has 2 aromatic carbocycles. The molecule has 164 valence electrons. The molecule has 8 heteroatoms. The van der Waals surface area contributed by atoms with Gasteiger partial charge in [0.1, 0.15) is 0 Å². The maximum Gasteiger partial charge on any atom is 0.332 e. The van der Waals surface area contributed by atoms with Crippen LogP contribution in [0.2, 0.25) is 0 Å². The van der Waals surface area contributed by atoms with E-state index in [1.54, 1.807) is 24.8 Å². The van der Waals surface area contributed by atoms with E-state index in [9.17, 15) is 19.7 Å². The Balaban J connectivity index is 1.96. The molecule has 0 amide bonds. The average molecular weight is 451 g/mol. The SMILES string of the molecule is CC(=O)O/N=C(/C(=O)C1=CC=C(Sc2ccccc2)C(C)C1)c1cc([N+](=O)[O-])ccc1C. The van der Waals surface area contributed by atoms with Crippen molar-refractivity contribution >= 4 is 34.9 Å².